The number of carbonyl (C=O) groups is 1. The Kier molecular flexibility index (Phi) is 2.48. The highest BCUT2D eigenvalue weighted by atomic mass is 32.2. The molecule has 92 valence electrons. The van der Waals surface area contributed by atoms with E-state index in [4.69, 9.17) is 4.55 Å². The summed E-state index contributed by atoms with van der Waals surface area (Å²) in [5, 5.41) is 0. The molecule has 0 aromatic rings. The highest BCUT2D eigenvalue weighted by Gasteiger charge is 2.56. The van der Waals surface area contributed by atoms with E-state index in [-0.39, 0.29) is 11.2 Å². The molecule has 5 heteroatoms. The van der Waals surface area contributed by atoms with E-state index in [1.807, 2.05) is 0 Å². The average Bonchev–Trinajstić information content (AvgIpc) is 2.03. The molecule has 0 heterocycles. The van der Waals surface area contributed by atoms with E-state index in [0.717, 1.165) is 6.42 Å². The van der Waals surface area contributed by atoms with Crippen molar-refractivity contribution in [3.05, 3.63) is 0 Å². The van der Waals surface area contributed by atoms with Gasteiger partial charge >= 0.3 is 0 Å². The van der Waals surface area contributed by atoms with Crippen molar-refractivity contribution < 1.29 is 17.8 Å². The molecule has 3 rings (SSSR count). The van der Waals surface area contributed by atoms with E-state index in [1.54, 1.807) is 0 Å². The summed E-state index contributed by atoms with van der Waals surface area (Å²) in [7, 11) is -4.07. The number of Topliss-reactive ketones (excluding diaryl/α,β-unsaturated/α-hetero) is 1. The van der Waals surface area contributed by atoms with Crippen LogP contribution in [-0.2, 0) is 14.9 Å². The molecule has 0 amide bonds. The second-order valence-corrected chi connectivity index (χ2v) is 7.49. The molecule has 2 bridgehead atoms. The molecule has 0 spiro atoms. The Bertz CT molecular complexity index is 423. The maximum absolute atomic E-state index is 12.0. The van der Waals surface area contributed by atoms with E-state index >= 15 is 0 Å². The molecule has 16 heavy (non-hydrogen) atoms. The van der Waals surface area contributed by atoms with Gasteiger partial charge in [-0.25, -0.2) is 0 Å². The molecule has 0 saturated heterocycles. The summed E-state index contributed by atoms with van der Waals surface area (Å²) < 4.78 is 31.1. The number of hydrogen-bond donors (Lipinski definition) is 1. The minimum Gasteiger partial charge on any atom is -0.299 e. The zero-order valence-corrected chi connectivity index (χ0v) is 10.5. The SMILES string of the molecule is CC1(C)C[C@@]2(CS(=O)(=O)O)CC[C@@H]1CC2=O. The van der Waals surface area contributed by atoms with Crippen molar-refractivity contribution in [2.45, 2.75) is 39.5 Å². The van der Waals surface area contributed by atoms with Crippen LogP contribution in [0.4, 0.5) is 0 Å². The van der Waals surface area contributed by atoms with Crippen molar-refractivity contribution in [2.24, 2.45) is 16.7 Å². The Morgan fingerprint density at radius 3 is 2.50 bits per heavy atom. The lowest BCUT2D eigenvalue weighted by Gasteiger charge is -2.53. The largest absolute Gasteiger partial charge is 0.299 e. The van der Waals surface area contributed by atoms with Crippen LogP contribution < -0.4 is 0 Å². The van der Waals surface area contributed by atoms with Gasteiger partial charge in [0.15, 0.2) is 0 Å². The zero-order chi connectivity index (χ0) is 12.2. The predicted molar refractivity (Wildman–Crippen MR) is 59.6 cm³/mol. The summed E-state index contributed by atoms with van der Waals surface area (Å²) in [5.74, 6) is 0.0126. The van der Waals surface area contributed by atoms with Crippen LogP contribution in [0, 0.1) is 16.7 Å². The second-order valence-electron chi connectivity index (χ2n) is 6.03. The fraction of sp³-hybridized carbons (Fsp3) is 0.909. The summed E-state index contributed by atoms with van der Waals surface area (Å²) in [4.78, 5) is 12.0. The third-order valence-electron chi connectivity index (χ3n) is 4.35. The van der Waals surface area contributed by atoms with Gasteiger partial charge in [-0.05, 0) is 30.6 Å². The molecule has 4 nitrogen and oxygen atoms in total. The summed E-state index contributed by atoms with van der Waals surface area (Å²) in [5.41, 5.74) is -0.803. The van der Waals surface area contributed by atoms with Crippen LogP contribution >= 0.6 is 0 Å². The fourth-order valence-electron chi connectivity index (χ4n) is 3.56. The van der Waals surface area contributed by atoms with Crippen LogP contribution in [0.15, 0.2) is 0 Å². The fourth-order valence-corrected chi connectivity index (χ4v) is 4.66. The van der Waals surface area contributed by atoms with Crippen molar-refractivity contribution in [3.8, 4) is 0 Å². The van der Waals surface area contributed by atoms with Crippen LogP contribution in [0.1, 0.15) is 39.5 Å². The van der Waals surface area contributed by atoms with Crippen LogP contribution in [0.3, 0.4) is 0 Å². The van der Waals surface area contributed by atoms with Gasteiger partial charge in [-0.1, -0.05) is 13.8 Å². The van der Waals surface area contributed by atoms with Gasteiger partial charge in [0, 0.05) is 11.8 Å². The average molecular weight is 246 g/mol. The molecule has 0 aromatic carbocycles. The number of hydrogen-bond acceptors (Lipinski definition) is 3. The Balaban J connectivity index is 2.34. The van der Waals surface area contributed by atoms with E-state index in [0.29, 0.717) is 25.2 Å². The number of rotatable bonds is 2. The maximum Gasteiger partial charge on any atom is 0.265 e. The minimum absolute atomic E-state index is 0.0108. The van der Waals surface area contributed by atoms with Crippen LogP contribution in [0.25, 0.3) is 0 Å². The highest BCUT2D eigenvalue weighted by Crippen LogP contribution is 2.57. The molecule has 3 fully saturated rings. The lowest BCUT2D eigenvalue weighted by Crippen LogP contribution is -2.53. The van der Waals surface area contributed by atoms with Crippen LogP contribution in [-0.4, -0.2) is 24.5 Å². The predicted octanol–water partition coefficient (Wildman–Crippen LogP) is 1.66. The molecule has 0 radical (unpaired) electrons. The molecule has 3 aliphatic carbocycles. The van der Waals surface area contributed by atoms with Crippen LogP contribution in [0.2, 0.25) is 0 Å². The van der Waals surface area contributed by atoms with Crippen molar-refractivity contribution in [1.29, 1.82) is 0 Å². The van der Waals surface area contributed by atoms with Gasteiger partial charge in [-0.2, -0.15) is 8.42 Å². The van der Waals surface area contributed by atoms with Gasteiger partial charge in [0.25, 0.3) is 10.1 Å². The smallest absolute Gasteiger partial charge is 0.265 e. The third-order valence-corrected chi connectivity index (χ3v) is 5.27. The van der Waals surface area contributed by atoms with Gasteiger partial charge in [-0.15, -0.1) is 0 Å². The Morgan fingerprint density at radius 2 is 2.06 bits per heavy atom. The molecular weight excluding hydrogens is 228 g/mol. The normalized spacial score (nSPS) is 37.7. The van der Waals surface area contributed by atoms with Gasteiger partial charge in [0.05, 0.1) is 5.75 Å². The molecular formula is C11H18O4S. The van der Waals surface area contributed by atoms with E-state index in [2.05, 4.69) is 13.8 Å². The first-order valence-electron chi connectivity index (χ1n) is 5.63. The van der Waals surface area contributed by atoms with Gasteiger partial charge < -0.3 is 0 Å². The summed E-state index contributed by atoms with van der Waals surface area (Å²) in [6.45, 7) is 4.17. The van der Waals surface area contributed by atoms with Gasteiger partial charge in [-0.3, -0.25) is 9.35 Å². The maximum atomic E-state index is 12.0. The highest BCUT2D eigenvalue weighted by molar-refractivity contribution is 7.85. The van der Waals surface area contributed by atoms with Crippen molar-refractivity contribution in [1.82, 2.24) is 0 Å². The summed E-state index contributed by atoms with van der Waals surface area (Å²) >= 11 is 0. The first-order chi connectivity index (χ1) is 7.15. The monoisotopic (exact) mass is 246 g/mol. The first kappa shape index (κ1) is 12.0. The van der Waals surface area contributed by atoms with E-state index in [9.17, 15) is 13.2 Å². The lowest BCUT2D eigenvalue weighted by atomic mass is 9.51. The van der Waals surface area contributed by atoms with Crippen molar-refractivity contribution in [2.75, 3.05) is 5.75 Å². The quantitative estimate of drug-likeness (QED) is 0.752. The molecule has 0 aliphatic heterocycles. The van der Waals surface area contributed by atoms with E-state index in [1.165, 1.54) is 0 Å². The molecule has 3 aliphatic rings. The molecule has 3 saturated carbocycles. The number of carbonyl (C=O) groups excluding carboxylic acids is 1. The van der Waals surface area contributed by atoms with E-state index < -0.39 is 21.3 Å². The first-order valence-corrected chi connectivity index (χ1v) is 7.24. The Hall–Kier alpha value is -0.420. The van der Waals surface area contributed by atoms with Crippen LogP contribution in [0.5, 0.6) is 0 Å². The summed E-state index contributed by atoms with van der Waals surface area (Å²) in [6, 6.07) is 0. The lowest BCUT2D eigenvalue weighted by molar-refractivity contribution is -0.144. The Labute approximate surface area is 96.2 Å². The topological polar surface area (TPSA) is 71.4 Å². The van der Waals surface area contributed by atoms with Crippen molar-refractivity contribution in [3.63, 3.8) is 0 Å². The molecule has 0 aromatic heterocycles. The number of ketones is 1. The zero-order valence-electron chi connectivity index (χ0n) is 9.69. The molecule has 0 unspecified atom stereocenters. The summed E-state index contributed by atoms with van der Waals surface area (Å²) in [6.07, 6.45) is 2.57. The third kappa shape index (κ3) is 1.91. The van der Waals surface area contributed by atoms with Gasteiger partial charge in [0.1, 0.15) is 5.78 Å². The Morgan fingerprint density at radius 1 is 1.44 bits per heavy atom. The standard InChI is InChI=1S/C11H18O4S/c1-10(2)6-11(7-16(13,14)15)4-3-8(10)5-9(11)12/h8H,3-7H2,1-2H3,(H,13,14,15)/t8-,11-/m1/s1. The second kappa shape index (κ2) is 3.29. The molecule has 2 atom stereocenters. The minimum atomic E-state index is -4.07. The van der Waals surface area contributed by atoms with Crippen molar-refractivity contribution >= 4 is 15.9 Å². The number of fused-ring (bicyclic) bond motifs is 3. The molecule has 1 N–H and O–H groups in total. The van der Waals surface area contributed by atoms with Gasteiger partial charge in [0.2, 0.25) is 0 Å².